The summed E-state index contributed by atoms with van der Waals surface area (Å²) in [6.45, 7) is 6.79. The van der Waals surface area contributed by atoms with Gasteiger partial charge in [0.2, 0.25) is 0 Å². The second-order valence-electron chi connectivity index (χ2n) is 7.71. The Hall–Kier alpha value is -2.64. The lowest BCUT2D eigenvalue weighted by atomic mass is 9.73. The average molecular weight is 389 g/mol. The summed E-state index contributed by atoms with van der Waals surface area (Å²) in [6, 6.07) is -0.547. The van der Waals surface area contributed by atoms with Crippen molar-refractivity contribution in [2.75, 3.05) is 13.2 Å². The molecule has 3 rings (SSSR count). The zero-order valence-electron chi connectivity index (χ0n) is 16.8. The number of urea groups is 1. The highest BCUT2D eigenvalue weighted by Gasteiger charge is 2.55. The van der Waals surface area contributed by atoms with Crippen LogP contribution < -0.4 is 5.32 Å². The van der Waals surface area contributed by atoms with E-state index in [1.54, 1.807) is 20.8 Å². The number of rotatable bonds is 5. The first kappa shape index (κ1) is 20.1. The van der Waals surface area contributed by atoms with E-state index in [2.05, 4.69) is 10.3 Å². The van der Waals surface area contributed by atoms with Gasteiger partial charge in [-0.25, -0.2) is 9.59 Å². The zero-order chi connectivity index (χ0) is 20.6. The summed E-state index contributed by atoms with van der Waals surface area (Å²) < 4.78 is 5.06. The molecule has 0 unspecified atom stereocenters. The molecule has 1 aromatic rings. The van der Waals surface area contributed by atoms with Crippen molar-refractivity contribution in [3.8, 4) is 0 Å². The molecule has 1 aliphatic heterocycles. The van der Waals surface area contributed by atoms with Crippen molar-refractivity contribution in [1.29, 1.82) is 0 Å². The van der Waals surface area contributed by atoms with Gasteiger partial charge in [-0.15, -0.1) is 0 Å². The van der Waals surface area contributed by atoms with Gasteiger partial charge < -0.3 is 15.0 Å². The number of esters is 1. The van der Waals surface area contributed by atoms with Gasteiger partial charge in [-0.2, -0.15) is 0 Å². The fourth-order valence-electron chi connectivity index (χ4n) is 4.45. The van der Waals surface area contributed by atoms with Crippen LogP contribution in [-0.2, 0) is 9.53 Å². The Morgan fingerprint density at radius 1 is 1.18 bits per heavy atom. The van der Waals surface area contributed by atoms with Gasteiger partial charge in [-0.1, -0.05) is 19.8 Å². The van der Waals surface area contributed by atoms with E-state index in [-0.39, 0.29) is 29.6 Å². The van der Waals surface area contributed by atoms with Crippen LogP contribution in [-0.4, -0.2) is 52.3 Å². The Labute approximate surface area is 164 Å². The SMILES string of the molecule is CCOC(=O)c1c(C)[nH]c(C)c1C(=O)CN1C(=O)N[C@]2(CCCC[C@@H]2C)C1=O. The van der Waals surface area contributed by atoms with Gasteiger partial charge in [0.05, 0.1) is 24.3 Å². The van der Waals surface area contributed by atoms with E-state index in [4.69, 9.17) is 4.74 Å². The van der Waals surface area contributed by atoms with E-state index in [0.29, 0.717) is 17.8 Å². The molecule has 2 atom stereocenters. The summed E-state index contributed by atoms with van der Waals surface area (Å²) in [5.74, 6) is -1.39. The highest BCUT2D eigenvalue weighted by molar-refractivity contribution is 6.14. The molecule has 28 heavy (non-hydrogen) atoms. The molecule has 1 spiro atoms. The molecule has 8 heteroatoms. The Morgan fingerprint density at radius 2 is 1.86 bits per heavy atom. The standard InChI is InChI=1S/C20H27N3O5/c1-5-28-17(25)16-13(4)21-12(3)15(16)14(24)10-23-18(26)20(22-19(23)27)9-7-6-8-11(20)2/h11,21H,5-10H2,1-4H3,(H,22,27)/t11-,20-/m0/s1. The van der Waals surface area contributed by atoms with Gasteiger partial charge in [0, 0.05) is 11.4 Å². The molecule has 2 heterocycles. The third-order valence-corrected chi connectivity index (χ3v) is 5.94. The van der Waals surface area contributed by atoms with Gasteiger partial charge in [0.25, 0.3) is 5.91 Å². The largest absolute Gasteiger partial charge is 0.462 e. The molecule has 1 aromatic heterocycles. The van der Waals surface area contributed by atoms with Crippen LogP contribution in [0.2, 0.25) is 0 Å². The number of hydrogen-bond acceptors (Lipinski definition) is 5. The smallest absolute Gasteiger partial charge is 0.340 e. The Balaban J connectivity index is 1.87. The van der Waals surface area contributed by atoms with E-state index in [9.17, 15) is 19.2 Å². The topological polar surface area (TPSA) is 109 Å². The number of amides is 3. The summed E-state index contributed by atoms with van der Waals surface area (Å²) >= 11 is 0. The lowest BCUT2D eigenvalue weighted by Gasteiger charge is -2.36. The summed E-state index contributed by atoms with van der Waals surface area (Å²) in [4.78, 5) is 54.9. The monoisotopic (exact) mass is 389 g/mol. The van der Waals surface area contributed by atoms with Gasteiger partial charge in [0.15, 0.2) is 5.78 Å². The van der Waals surface area contributed by atoms with Crippen LogP contribution in [0.3, 0.4) is 0 Å². The molecule has 1 saturated carbocycles. The van der Waals surface area contributed by atoms with Crippen LogP contribution in [0.15, 0.2) is 0 Å². The number of aryl methyl sites for hydroxylation is 2. The number of nitrogens with one attached hydrogen (secondary N) is 2. The second-order valence-corrected chi connectivity index (χ2v) is 7.71. The fraction of sp³-hybridized carbons (Fsp3) is 0.600. The lowest BCUT2D eigenvalue weighted by molar-refractivity contribution is -0.133. The number of aromatic nitrogens is 1. The summed E-state index contributed by atoms with van der Waals surface area (Å²) in [7, 11) is 0. The maximum Gasteiger partial charge on any atom is 0.340 e. The molecular formula is C20H27N3O5. The number of imide groups is 1. The van der Waals surface area contributed by atoms with Gasteiger partial charge in [-0.3, -0.25) is 14.5 Å². The van der Waals surface area contributed by atoms with Crippen LogP contribution in [0.25, 0.3) is 0 Å². The van der Waals surface area contributed by atoms with Crippen LogP contribution in [0.4, 0.5) is 4.79 Å². The Morgan fingerprint density at radius 3 is 2.50 bits per heavy atom. The highest BCUT2D eigenvalue weighted by atomic mass is 16.5. The fourth-order valence-corrected chi connectivity index (χ4v) is 4.45. The third-order valence-electron chi connectivity index (χ3n) is 5.94. The van der Waals surface area contributed by atoms with Crippen molar-refractivity contribution < 1.29 is 23.9 Å². The van der Waals surface area contributed by atoms with Crippen molar-refractivity contribution in [1.82, 2.24) is 15.2 Å². The number of carbonyl (C=O) groups excluding carboxylic acids is 4. The quantitative estimate of drug-likeness (QED) is 0.457. The molecule has 8 nitrogen and oxygen atoms in total. The number of ketones is 1. The first-order chi connectivity index (χ1) is 13.2. The predicted octanol–water partition coefficient (Wildman–Crippen LogP) is 2.49. The van der Waals surface area contributed by atoms with Crippen LogP contribution in [0.1, 0.15) is 71.6 Å². The molecule has 3 amide bonds. The van der Waals surface area contributed by atoms with E-state index in [0.717, 1.165) is 24.2 Å². The highest BCUT2D eigenvalue weighted by Crippen LogP contribution is 2.38. The number of carbonyl (C=O) groups is 4. The van der Waals surface area contributed by atoms with Gasteiger partial charge >= 0.3 is 12.0 Å². The number of Topliss-reactive ketones (excluding diaryl/α,β-unsaturated/α-hetero) is 1. The lowest BCUT2D eigenvalue weighted by Crippen LogP contribution is -2.54. The molecule has 2 aliphatic rings. The van der Waals surface area contributed by atoms with E-state index in [1.807, 2.05) is 6.92 Å². The van der Waals surface area contributed by atoms with Gasteiger partial charge in [-0.05, 0) is 39.5 Å². The Kier molecular flexibility index (Phi) is 5.32. The normalized spacial score (nSPS) is 24.6. The molecule has 0 bridgehead atoms. The van der Waals surface area contributed by atoms with Gasteiger partial charge in [0.1, 0.15) is 5.54 Å². The molecule has 0 radical (unpaired) electrons. The van der Waals surface area contributed by atoms with E-state index >= 15 is 0 Å². The molecular weight excluding hydrogens is 362 g/mol. The van der Waals surface area contributed by atoms with Crippen LogP contribution in [0.5, 0.6) is 0 Å². The maximum atomic E-state index is 13.1. The Bertz CT molecular complexity index is 843. The molecule has 0 aromatic carbocycles. The van der Waals surface area contributed by atoms with Crippen molar-refractivity contribution >= 4 is 23.7 Å². The van der Waals surface area contributed by atoms with E-state index < -0.39 is 29.9 Å². The van der Waals surface area contributed by atoms with E-state index in [1.165, 1.54) is 0 Å². The number of hydrogen-bond donors (Lipinski definition) is 2. The van der Waals surface area contributed by atoms with Crippen LogP contribution in [0, 0.1) is 19.8 Å². The number of nitrogens with zero attached hydrogens (tertiary/aromatic N) is 1. The summed E-state index contributed by atoms with van der Waals surface area (Å²) in [5, 5.41) is 2.84. The first-order valence-electron chi connectivity index (χ1n) is 9.76. The zero-order valence-corrected chi connectivity index (χ0v) is 16.8. The molecule has 152 valence electrons. The van der Waals surface area contributed by atoms with Crippen molar-refractivity contribution in [3.63, 3.8) is 0 Å². The predicted molar refractivity (Wildman–Crippen MR) is 101 cm³/mol. The van der Waals surface area contributed by atoms with Crippen molar-refractivity contribution in [2.45, 2.75) is 58.9 Å². The van der Waals surface area contributed by atoms with Crippen molar-refractivity contribution in [2.24, 2.45) is 5.92 Å². The molecule has 1 saturated heterocycles. The first-order valence-corrected chi connectivity index (χ1v) is 9.76. The number of aromatic amines is 1. The summed E-state index contributed by atoms with van der Waals surface area (Å²) in [5.41, 5.74) is 0.460. The number of H-pyrrole nitrogens is 1. The van der Waals surface area contributed by atoms with Crippen LogP contribution >= 0.6 is 0 Å². The average Bonchev–Trinajstić information content (AvgIpc) is 3.06. The molecule has 1 aliphatic carbocycles. The van der Waals surface area contributed by atoms with Crippen molar-refractivity contribution in [3.05, 3.63) is 22.5 Å². The summed E-state index contributed by atoms with van der Waals surface area (Å²) in [6.07, 6.45) is 3.33. The minimum absolute atomic E-state index is 0.0177. The second kappa shape index (κ2) is 7.41. The minimum Gasteiger partial charge on any atom is -0.462 e. The third kappa shape index (κ3) is 3.10. The minimum atomic E-state index is -0.914. The molecule has 2 fully saturated rings. The molecule has 2 N–H and O–H groups in total. The maximum absolute atomic E-state index is 13.1. The number of ether oxygens (including phenoxy) is 1.